The molecule has 7 atom stereocenters. The lowest BCUT2D eigenvalue weighted by molar-refractivity contribution is -0.143. The van der Waals surface area contributed by atoms with Crippen LogP contribution in [0.1, 0.15) is 98.1 Å². The van der Waals surface area contributed by atoms with Gasteiger partial charge in [0.2, 0.25) is 33.4 Å². The van der Waals surface area contributed by atoms with E-state index in [0.717, 1.165) is 11.3 Å². The van der Waals surface area contributed by atoms with Gasteiger partial charge in [0.1, 0.15) is 35.1 Å². The van der Waals surface area contributed by atoms with Crippen LogP contribution in [0.2, 0.25) is 0 Å². The highest BCUT2D eigenvalue weighted by Gasteiger charge is 2.63. The number of carbonyl (C=O) groups is 4. The molecule has 4 amide bonds. The van der Waals surface area contributed by atoms with Crippen molar-refractivity contribution < 1.29 is 59.7 Å². The topological polar surface area (TPSA) is 204 Å². The van der Waals surface area contributed by atoms with E-state index in [0.29, 0.717) is 44.3 Å². The number of hydrogen-bond acceptors (Lipinski definition) is 12. The molecule has 4 aliphatic rings. The lowest BCUT2D eigenvalue weighted by Gasteiger charge is -2.34. The van der Waals surface area contributed by atoms with E-state index < -0.39 is 104 Å². The van der Waals surface area contributed by atoms with Crippen molar-refractivity contribution in [3.8, 4) is 11.6 Å². The highest BCUT2D eigenvalue weighted by Crippen LogP contribution is 2.49. The summed E-state index contributed by atoms with van der Waals surface area (Å²) in [6, 6.07) is 1.34. The maximum absolute atomic E-state index is 15.0. The first-order chi connectivity index (χ1) is 28.0. The predicted molar refractivity (Wildman–Crippen MR) is 210 cm³/mol. The maximum atomic E-state index is 15.0. The molecule has 2 aromatic rings. The molecule has 16 nitrogen and oxygen atoms in total. The third-order valence-corrected chi connectivity index (χ3v) is 14.1. The van der Waals surface area contributed by atoms with Crippen LogP contribution in [-0.4, -0.2) is 109 Å². The zero-order valence-corrected chi connectivity index (χ0v) is 35.8. The van der Waals surface area contributed by atoms with E-state index in [1.54, 1.807) is 20.8 Å². The minimum atomic E-state index is -5.02. The summed E-state index contributed by atoms with van der Waals surface area (Å²) in [5.41, 5.74) is -4.07. The Hall–Kier alpha value is -4.46. The molecule has 1 aromatic carbocycles. The van der Waals surface area contributed by atoms with Crippen LogP contribution in [0.4, 0.5) is 18.0 Å². The van der Waals surface area contributed by atoms with Crippen molar-refractivity contribution in [1.29, 1.82) is 0 Å². The first kappa shape index (κ1) is 45.1. The number of benzene rings is 1. The second kappa shape index (κ2) is 16.8. The van der Waals surface area contributed by atoms with Gasteiger partial charge >= 0.3 is 12.3 Å². The highest BCUT2D eigenvalue weighted by molar-refractivity contribution is 7.91. The van der Waals surface area contributed by atoms with Gasteiger partial charge < -0.3 is 34.5 Å². The fourth-order valence-corrected chi connectivity index (χ4v) is 9.53. The molecule has 6 rings (SSSR count). The Balaban J connectivity index is 1.40. The van der Waals surface area contributed by atoms with Crippen molar-refractivity contribution in [2.75, 3.05) is 27.4 Å². The van der Waals surface area contributed by atoms with E-state index in [1.165, 1.54) is 39.3 Å². The van der Waals surface area contributed by atoms with Crippen molar-refractivity contribution in [3.05, 3.63) is 23.9 Å². The van der Waals surface area contributed by atoms with Gasteiger partial charge in [0.25, 0.3) is 5.91 Å². The minimum Gasteiger partial charge on any atom is -0.497 e. The number of methoxy groups -OCH3 is 2. The Morgan fingerprint density at radius 2 is 1.73 bits per heavy atom. The number of nitrogens with zero attached hydrogens (tertiary/aromatic N) is 3. The number of halogens is 3. The second-order valence-corrected chi connectivity index (χ2v) is 20.1. The number of aromatic nitrogens is 2. The normalized spacial score (nSPS) is 28.6. The smallest absolute Gasteiger partial charge is 0.438 e. The van der Waals surface area contributed by atoms with Gasteiger partial charge in [-0.25, -0.2) is 23.2 Å². The number of carbonyl (C=O) groups excluding carboxylic acids is 4. The number of fused-ring (bicyclic) bond motifs is 3. The van der Waals surface area contributed by atoms with Crippen molar-refractivity contribution >= 4 is 44.9 Å². The van der Waals surface area contributed by atoms with Crippen LogP contribution in [0.3, 0.4) is 0 Å². The quantitative estimate of drug-likeness (QED) is 0.316. The Kier molecular flexibility index (Phi) is 12.6. The molecule has 3 N–H and O–H groups in total. The van der Waals surface area contributed by atoms with Gasteiger partial charge in [-0.3, -0.25) is 19.1 Å². The zero-order valence-electron chi connectivity index (χ0n) is 34.9. The van der Waals surface area contributed by atoms with Gasteiger partial charge in [-0.15, -0.1) is 0 Å². The predicted octanol–water partition coefficient (Wildman–Crippen LogP) is 4.64. The van der Waals surface area contributed by atoms with E-state index in [2.05, 4.69) is 25.3 Å². The van der Waals surface area contributed by atoms with Crippen LogP contribution in [0, 0.1) is 17.8 Å². The molecule has 332 valence electrons. The summed E-state index contributed by atoms with van der Waals surface area (Å²) in [7, 11) is -1.27. The Bertz CT molecular complexity index is 2090. The summed E-state index contributed by atoms with van der Waals surface area (Å²) >= 11 is 0. The monoisotopic (exact) mass is 868 g/mol. The van der Waals surface area contributed by atoms with Crippen molar-refractivity contribution in [2.45, 2.75) is 133 Å². The molecule has 20 heteroatoms. The molecule has 0 unspecified atom stereocenters. The SMILES string of the molecule is COC[C@@H]1C[C@@H](C)CCCC[C@H]2C[C@@]2(C(=O)NS(=O)(=O)C2(C)CC2)NC(=O)[C@@H]2C[C@@H](Oc3nc4cc(OC)ccc4nc3C(F)(F)F)CN2C(=O)[C@H]1NC(=O)OC(C)(C)C. The maximum Gasteiger partial charge on any atom is 0.438 e. The summed E-state index contributed by atoms with van der Waals surface area (Å²) in [5, 5.41) is 5.48. The summed E-state index contributed by atoms with van der Waals surface area (Å²) in [4.78, 5) is 66.0. The van der Waals surface area contributed by atoms with Crippen LogP contribution < -0.4 is 24.8 Å². The van der Waals surface area contributed by atoms with E-state index >= 15 is 0 Å². The summed E-state index contributed by atoms with van der Waals surface area (Å²) in [6.45, 7) is 8.06. The number of amides is 4. The largest absolute Gasteiger partial charge is 0.497 e. The van der Waals surface area contributed by atoms with Gasteiger partial charge in [0.05, 0.1) is 36.0 Å². The van der Waals surface area contributed by atoms with Crippen LogP contribution in [0.5, 0.6) is 11.6 Å². The number of hydrogen-bond donors (Lipinski definition) is 3. The highest BCUT2D eigenvalue weighted by atomic mass is 32.2. The summed E-state index contributed by atoms with van der Waals surface area (Å²) < 4.78 is 93.3. The average Bonchev–Trinajstić information content (AvgIpc) is 4.03. The van der Waals surface area contributed by atoms with Crippen molar-refractivity contribution in [3.63, 3.8) is 0 Å². The standard InChI is InChI=1S/C40H55F3N6O10S/c1-22-10-8-9-11-24-19-39(24,35(52)48-60(54,55)38(5)14-15-38)47-32(50)29-18-26(58-33-31(40(41,42)43)44-27-13-12-25(57-7)17-28(27)45-33)20-49(29)34(51)30(23(16-22)21-56-6)46-36(53)59-37(2,3)4/h12-13,17,22-24,26,29-30H,8-11,14-16,18-21H2,1-7H3,(H,46,53)(H,47,50)(H,48,52)/t22-,23-,24-,26+,29-,30-,39+/m0/s1. The third-order valence-electron chi connectivity index (χ3n) is 11.9. The van der Waals surface area contributed by atoms with Crippen LogP contribution in [-0.2, 0) is 40.1 Å². The number of ether oxygens (including phenoxy) is 4. The number of sulfonamides is 1. The molecule has 0 bridgehead atoms. The molecular formula is C40H55F3N6O10S. The fraction of sp³-hybridized carbons (Fsp3) is 0.700. The van der Waals surface area contributed by atoms with Gasteiger partial charge in [-0.1, -0.05) is 26.2 Å². The molecule has 3 heterocycles. The lowest BCUT2D eigenvalue weighted by Crippen LogP contribution is -2.60. The Morgan fingerprint density at radius 1 is 1.03 bits per heavy atom. The average molecular weight is 869 g/mol. The van der Waals surface area contributed by atoms with E-state index in [1.807, 2.05) is 6.92 Å². The minimum absolute atomic E-state index is 0.0128. The summed E-state index contributed by atoms with van der Waals surface area (Å²) in [5.74, 6) is -4.16. The first-order valence-electron chi connectivity index (χ1n) is 20.3. The Labute approximate surface area is 347 Å². The molecule has 2 aliphatic carbocycles. The van der Waals surface area contributed by atoms with E-state index in [9.17, 15) is 40.8 Å². The van der Waals surface area contributed by atoms with E-state index in [4.69, 9.17) is 18.9 Å². The number of alkyl halides is 3. The molecule has 0 spiro atoms. The molecular weight excluding hydrogens is 814 g/mol. The second-order valence-electron chi connectivity index (χ2n) is 17.9. The molecule has 4 fully saturated rings. The number of alkyl carbamates (subject to hydrolysis) is 1. The molecule has 1 aromatic heterocycles. The number of rotatable bonds is 9. The fourth-order valence-electron chi connectivity index (χ4n) is 8.22. The molecule has 2 aliphatic heterocycles. The van der Waals surface area contributed by atoms with Gasteiger partial charge in [0.15, 0.2) is 0 Å². The zero-order chi connectivity index (χ0) is 44.0. The summed E-state index contributed by atoms with van der Waals surface area (Å²) in [6.07, 6.45) is -3.72. The van der Waals surface area contributed by atoms with Gasteiger partial charge in [0, 0.05) is 25.5 Å². The van der Waals surface area contributed by atoms with E-state index in [-0.39, 0.29) is 36.4 Å². The van der Waals surface area contributed by atoms with Crippen molar-refractivity contribution in [2.24, 2.45) is 17.8 Å². The molecule has 2 saturated heterocycles. The first-order valence-corrected chi connectivity index (χ1v) is 21.7. The van der Waals surface area contributed by atoms with Crippen molar-refractivity contribution in [1.82, 2.24) is 30.2 Å². The van der Waals surface area contributed by atoms with Crippen LogP contribution in [0.25, 0.3) is 11.0 Å². The van der Waals surface area contributed by atoms with Crippen LogP contribution >= 0.6 is 0 Å². The van der Waals surface area contributed by atoms with Crippen LogP contribution in [0.15, 0.2) is 18.2 Å². The molecule has 2 saturated carbocycles. The lowest BCUT2D eigenvalue weighted by atomic mass is 9.86. The molecule has 60 heavy (non-hydrogen) atoms. The molecule has 0 radical (unpaired) electrons. The van der Waals surface area contributed by atoms with Gasteiger partial charge in [-0.2, -0.15) is 13.2 Å². The number of nitrogens with one attached hydrogen (secondary N) is 3. The Morgan fingerprint density at radius 3 is 2.37 bits per heavy atom. The van der Waals surface area contributed by atoms with Gasteiger partial charge in [-0.05, 0) is 83.8 Å². The third kappa shape index (κ3) is 9.84.